The van der Waals surface area contributed by atoms with Crippen LogP contribution in [-0.2, 0) is 10.2 Å². The molecular formula is C24H29N3O2S. The van der Waals surface area contributed by atoms with Gasteiger partial charge in [0.25, 0.3) is 5.91 Å². The molecule has 1 aromatic carbocycles. The van der Waals surface area contributed by atoms with Crippen LogP contribution in [0.4, 0.5) is 5.00 Å². The van der Waals surface area contributed by atoms with Crippen molar-refractivity contribution in [1.29, 1.82) is 5.26 Å². The molecule has 2 amide bonds. The first kappa shape index (κ1) is 23.4. The van der Waals surface area contributed by atoms with Gasteiger partial charge in [0.05, 0.1) is 10.4 Å². The Balaban J connectivity index is 2.18. The summed E-state index contributed by atoms with van der Waals surface area (Å²) in [5, 5.41) is 12.7. The van der Waals surface area contributed by atoms with E-state index in [0.29, 0.717) is 34.1 Å². The van der Waals surface area contributed by atoms with Crippen LogP contribution in [0.1, 0.15) is 66.5 Å². The highest BCUT2D eigenvalue weighted by Gasteiger charge is 2.23. The standard InChI is InChI=1S/C24H29N3O2S/c1-7-27(8-2)23(29)21-16(3)19(15-25)22(30-21)26-20(28)14-11-17-9-12-18(13-10-17)24(4,5)6/h9-14H,7-8H2,1-6H3,(H,26,28). The molecule has 0 spiro atoms. The van der Waals surface area contributed by atoms with Gasteiger partial charge in [-0.25, -0.2) is 0 Å². The third-order valence-electron chi connectivity index (χ3n) is 4.94. The lowest BCUT2D eigenvalue weighted by atomic mass is 9.87. The number of amides is 2. The SMILES string of the molecule is CCN(CC)C(=O)c1sc(NC(=O)C=Cc2ccc(C(C)(C)C)cc2)c(C#N)c1C. The fourth-order valence-corrected chi connectivity index (χ4v) is 4.14. The van der Waals surface area contributed by atoms with Crippen molar-refractivity contribution in [2.45, 2.75) is 47.0 Å². The zero-order chi connectivity index (χ0) is 22.5. The molecule has 0 aliphatic carbocycles. The monoisotopic (exact) mass is 423 g/mol. The highest BCUT2D eigenvalue weighted by Crippen LogP contribution is 2.33. The maximum Gasteiger partial charge on any atom is 0.264 e. The zero-order valence-electron chi connectivity index (χ0n) is 18.5. The number of nitrogens with one attached hydrogen (secondary N) is 1. The largest absolute Gasteiger partial charge is 0.338 e. The highest BCUT2D eigenvalue weighted by molar-refractivity contribution is 7.18. The van der Waals surface area contributed by atoms with E-state index in [9.17, 15) is 14.9 Å². The van der Waals surface area contributed by atoms with Gasteiger partial charge in [0.1, 0.15) is 11.1 Å². The first-order valence-electron chi connectivity index (χ1n) is 10.0. The van der Waals surface area contributed by atoms with Crippen molar-refractivity contribution >= 4 is 34.2 Å². The molecule has 0 saturated carbocycles. The maximum absolute atomic E-state index is 12.7. The van der Waals surface area contributed by atoms with Gasteiger partial charge in [-0.15, -0.1) is 11.3 Å². The van der Waals surface area contributed by atoms with Gasteiger partial charge in [0, 0.05) is 19.2 Å². The van der Waals surface area contributed by atoms with Crippen molar-refractivity contribution in [2.24, 2.45) is 0 Å². The number of nitriles is 1. The lowest BCUT2D eigenvalue weighted by Gasteiger charge is -2.18. The van der Waals surface area contributed by atoms with Crippen LogP contribution in [0.5, 0.6) is 0 Å². The van der Waals surface area contributed by atoms with Crippen molar-refractivity contribution in [1.82, 2.24) is 4.90 Å². The van der Waals surface area contributed by atoms with Gasteiger partial charge < -0.3 is 10.2 Å². The minimum Gasteiger partial charge on any atom is -0.338 e. The Morgan fingerprint density at radius 3 is 2.27 bits per heavy atom. The highest BCUT2D eigenvalue weighted by atomic mass is 32.1. The summed E-state index contributed by atoms with van der Waals surface area (Å²) in [5.41, 5.74) is 3.16. The van der Waals surface area contributed by atoms with E-state index in [1.807, 2.05) is 26.0 Å². The molecule has 158 valence electrons. The third-order valence-corrected chi connectivity index (χ3v) is 6.14. The van der Waals surface area contributed by atoms with Crippen molar-refractivity contribution in [3.63, 3.8) is 0 Å². The van der Waals surface area contributed by atoms with Crippen molar-refractivity contribution in [3.8, 4) is 6.07 Å². The van der Waals surface area contributed by atoms with E-state index in [-0.39, 0.29) is 17.2 Å². The summed E-state index contributed by atoms with van der Waals surface area (Å²) >= 11 is 1.15. The molecule has 30 heavy (non-hydrogen) atoms. The van der Waals surface area contributed by atoms with E-state index < -0.39 is 0 Å². The molecule has 2 rings (SSSR count). The first-order valence-corrected chi connectivity index (χ1v) is 10.9. The first-order chi connectivity index (χ1) is 14.1. The molecular weight excluding hydrogens is 394 g/mol. The Morgan fingerprint density at radius 1 is 1.17 bits per heavy atom. The van der Waals surface area contributed by atoms with Crippen LogP contribution in [0.15, 0.2) is 30.3 Å². The number of nitrogens with zero attached hydrogens (tertiary/aromatic N) is 2. The van der Waals surface area contributed by atoms with E-state index in [2.05, 4.69) is 44.3 Å². The predicted octanol–water partition coefficient (Wildman–Crippen LogP) is 5.36. The van der Waals surface area contributed by atoms with E-state index in [4.69, 9.17) is 0 Å². The van der Waals surface area contributed by atoms with Crippen LogP contribution in [0.2, 0.25) is 0 Å². The summed E-state index contributed by atoms with van der Waals surface area (Å²) in [4.78, 5) is 27.3. The summed E-state index contributed by atoms with van der Waals surface area (Å²) in [6.45, 7) is 13.2. The van der Waals surface area contributed by atoms with Gasteiger partial charge in [-0.1, -0.05) is 45.0 Å². The quantitative estimate of drug-likeness (QED) is 0.636. The van der Waals surface area contributed by atoms with Gasteiger partial charge in [-0.2, -0.15) is 5.26 Å². The van der Waals surface area contributed by atoms with Crippen LogP contribution in [0.25, 0.3) is 6.08 Å². The number of anilines is 1. The Labute approximate surface area is 183 Å². The van der Waals surface area contributed by atoms with E-state index in [1.54, 1.807) is 17.9 Å². The molecule has 0 aliphatic rings. The molecule has 0 aliphatic heterocycles. The van der Waals surface area contributed by atoms with E-state index in [0.717, 1.165) is 16.9 Å². The summed E-state index contributed by atoms with van der Waals surface area (Å²) in [6.07, 6.45) is 3.17. The topological polar surface area (TPSA) is 73.2 Å². The normalized spacial score (nSPS) is 11.4. The van der Waals surface area contributed by atoms with Gasteiger partial charge in [-0.3, -0.25) is 9.59 Å². The Morgan fingerprint density at radius 2 is 1.77 bits per heavy atom. The number of thiophene rings is 1. The van der Waals surface area contributed by atoms with Gasteiger partial charge in [0.2, 0.25) is 5.91 Å². The predicted molar refractivity (Wildman–Crippen MR) is 124 cm³/mol. The average molecular weight is 424 g/mol. The number of carbonyl (C=O) groups is 2. The lowest BCUT2D eigenvalue weighted by Crippen LogP contribution is -2.30. The molecule has 0 atom stereocenters. The van der Waals surface area contributed by atoms with E-state index in [1.165, 1.54) is 11.6 Å². The minimum absolute atomic E-state index is 0.0740. The summed E-state index contributed by atoms with van der Waals surface area (Å²) in [5.74, 6) is -0.455. The molecule has 1 aromatic heterocycles. The van der Waals surface area contributed by atoms with Crippen molar-refractivity contribution in [3.05, 3.63) is 57.5 Å². The number of hydrogen-bond acceptors (Lipinski definition) is 4. The Hall–Kier alpha value is -2.91. The molecule has 0 radical (unpaired) electrons. The fraction of sp³-hybridized carbons (Fsp3) is 0.375. The molecule has 2 aromatic rings. The number of rotatable bonds is 6. The van der Waals surface area contributed by atoms with Gasteiger partial charge in [-0.05, 0) is 49.0 Å². The second-order valence-electron chi connectivity index (χ2n) is 8.04. The number of hydrogen-bond donors (Lipinski definition) is 1. The van der Waals surface area contributed by atoms with E-state index >= 15 is 0 Å². The maximum atomic E-state index is 12.7. The molecule has 1 heterocycles. The molecule has 0 fully saturated rings. The second kappa shape index (κ2) is 9.73. The Kier molecular flexibility index (Phi) is 7.58. The minimum atomic E-state index is -0.338. The van der Waals surface area contributed by atoms with Gasteiger partial charge >= 0.3 is 0 Å². The van der Waals surface area contributed by atoms with Gasteiger partial charge in [0.15, 0.2) is 0 Å². The molecule has 0 saturated heterocycles. The van der Waals surface area contributed by atoms with Crippen LogP contribution < -0.4 is 5.32 Å². The molecule has 5 nitrogen and oxygen atoms in total. The summed E-state index contributed by atoms with van der Waals surface area (Å²) < 4.78 is 0. The van der Waals surface area contributed by atoms with Crippen LogP contribution >= 0.6 is 11.3 Å². The Bertz CT molecular complexity index is 985. The molecule has 0 bridgehead atoms. The average Bonchev–Trinajstić information content (AvgIpc) is 3.01. The lowest BCUT2D eigenvalue weighted by molar-refractivity contribution is -0.111. The summed E-state index contributed by atoms with van der Waals surface area (Å²) in [6, 6.07) is 10.2. The number of carbonyl (C=O) groups excluding carboxylic acids is 2. The van der Waals surface area contributed by atoms with Crippen LogP contribution in [0.3, 0.4) is 0 Å². The third kappa shape index (κ3) is 5.37. The smallest absolute Gasteiger partial charge is 0.264 e. The van der Waals surface area contributed by atoms with Crippen LogP contribution in [-0.4, -0.2) is 29.8 Å². The fourth-order valence-electron chi connectivity index (χ4n) is 3.01. The van der Waals surface area contributed by atoms with Crippen molar-refractivity contribution in [2.75, 3.05) is 18.4 Å². The van der Waals surface area contributed by atoms with Crippen molar-refractivity contribution < 1.29 is 9.59 Å². The number of benzene rings is 1. The van der Waals surface area contributed by atoms with Crippen LogP contribution in [0, 0.1) is 18.3 Å². The molecule has 6 heteroatoms. The summed E-state index contributed by atoms with van der Waals surface area (Å²) in [7, 11) is 0. The molecule has 0 unspecified atom stereocenters. The molecule has 1 N–H and O–H groups in total. The second-order valence-corrected chi connectivity index (χ2v) is 9.06. The zero-order valence-corrected chi connectivity index (χ0v) is 19.3.